The van der Waals surface area contributed by atoms with Gasteiger partial charge in [-0.2, -0.15) is 0 Å². The summed E-state index contributed by atoms with van der Waals surface area (Å²) in [4.78, 5) is 14.4. The van der Waals surface area contributed by atoms with Crippen molar-refractivity contribution in [2.45, 2.75) is 57.1 Å². The molecule has 12 heteroatoms. The van der Waals surface area contributed by atoms with Crippen LogP contribution in [0.3, 0.4) is 0 Å². The summed E-state index contributed by atoms with van der Waals surface area (Å²) in [6.07, 6.45) is -1.72. The van der Waals surface area contributed by atoms with Gasteiger partial charge in [0.2, 0.25) is 5.82 Å². The first-order valence-corrected chi connectivity index (χ1v) is 15.3. The maximum Gasteiger partial charge on any atom is 0.257 e. The summed E-state index contributed by atoms with van der Waals surface area (Å²) in [7, 11) is 1.91. The SMILES string of the molecule is CC(C(O)c1ccccc1)N(C)CC1CC(c2ccc(CO)cc2)OC(c2ccc(CNC(=O)c3c(F)c(F)c(F)c(F)c3F)cc2)O1. The fourth-order valence-electron chi connectivity index (χ4n) is 5.56. The van der Waals surface area contributed by atoms with Gasteiger partial charge in [0.15, 0.2) is 29.6 Å². The third-order valence-electron chi connectivity index (χ3n) is 8.54. The number of ether oxygens (including phenoxy) is 2. The molecule has 1 saturated heterocycles. The number of hydrogen-bond donors (Lipinski definition) is 3. The lowest BCUT2D eigenvalue weighted by atomic mass is 9.98. The van der Waals surface area contributed by atoms with E-state index in [9.17, 15) is 37.0 Å². The quantitative estimate of drug-likeness (QED) is 0.0972. The molecule has 0 spiro atoms. The van der Waals surface area contributed by atoms with Crippen molar-refractivity contribution in [3.63, 3.8) is 0 Å². The molecular formula is C36H35F5N2O5. The lowest BCUT2D eigenvalue weighted by molar-refractivity contribution is -0.253. The average molecular weight is 671 g/mol. The Kier molecular flexibility index (Phi) is 11.2. The van der Waals surface area contributed by atoms with Gasteiger partial charge in [0.1, 0.15) is 5.56 Å². The Balaban J connectivity index is 1.30. The number of rotatable bonds is 11. The normalized spacial score (nSPS) is 19.2. The molecule has 5 rings (SSSR count). The first-order valence-electron chi connectivity index (χ1n) is 15.3. The number of nitrogens with zero attached hydrogens (tertiary/aromatic N) is 1. The van der Waals surface area contributed by atoms with Crippen LogP contribution in [0.25, 0.3) is 0 Å². The minimum atomic E-state index is -2.35. The summed E-state index contributed by atoms with van der Waals surface area (Å²) in [5.41, 5.74) is 1.98. The van der Waals surface area contributed by atoms with Gasteiger partial charge in [0.25, 0.3) is 5.91 Å². The van der Waals surface area contributed by atoms with Crippen LogP contribution in [-0.4, -0.2) is 46.8 Å². The van der Waals surface area contributed by atoms with E-state index >= 15 is 0 Å². The van der Waals surface area contributed by atoms with E-state index in [2.05, 4.69) is 5.32 Å². The molecular weight excluding hydrogens is 635 g/mol. The van der Waals surface area contributed by atoms with Crippen LogP contribution in [0.1, 0.15) is 70.0 Å². The van der Waals surface area contributed by atoms with Gasteiger partial charge < -0.3 is 25.0 Å². The van der Waals surface area contributed by atoms with Crippen molar-refractivity contribution in [1.82, 2.24) is 10.2 Å². The van der Waals surface area contributed by atoms with Crippen LogP contribution in [0, 0.1) is 29.1 Å². The van der Waals surface area contributed by atoms with Crippen LogP contribution in [0.4, 0.5) is 22.0 Å². The number of carbonyl (C=O) groups excluding carboxylic acids is 1. The average Bonchev–Trinajstić information content (AvgIpc) is 3.12. The highest BCUT2D eigenvalue weighted by molar-refractivity contribution is 5.94. The summed E-state index contributed by atoms with van der Waals surface area (Å²) >= 11 is 0. The molecule has 1 aliphatic rings. The van der Waals surface area contributed by atoms with Crippen LogP contribution in [0.2, 0.25) is 0 Å². The molecule has 0 bridgehead atoms. The number of halogens is 5. The highest BCUT2D eigenvalue weighted by Crippen LogP contribution is 2.38. The topological polar surface area (TPSA) is 91.3 Å². The van der Waals surface area contributed by atoms with Gasteiger partial charge in [-0.1, -0.05) is 78.9 Å². The van der Waals surface area contributed by atoms with Gasteiger partial charge >= 0.3 is 0 Å². The molecule has 1 aliphatic heterocycles. The van der Waals surface area contributed by atoms with Crippen molar-refractivity contribution in [3.8, 4) is 0 Å². The van der Waals surface area contributed by atoms with E-state index in [1.807, 2.05) is 73.5 Å². The molecule has 4 aromatic carbocycles. The summed E-state index contributed by atoms with van der Waals surface area (Å²) in [6, 6.07) is 23.1. The number of nitrogens with one attached hydrogen (secondary N) is 1. The summed E-state index contributed by atoms with van der Waals surface area (Å²) in [5.74, 6) is -12.6. The Morgan fingerprint density at radius 3 is 2.00 bits per heavy atom. The van der Waals surface area contributed by atoms with Crippen LogP contribution in [0.5, 0.6) is 0 Å². The van der Waals surface area contributed by atoms with Gasteiger partial charge in [-0.3, -0.25) is 9.69 Å². The predicted octanol–water partition coefficient (Wildman–Crippen LogP) is 6.40. The molecule has 0 saturated carbocycles. The van der Waals surface area contributed by atoms with Gasteiger partial charge in [-0.15, -0.1) is 0 Å². The van der Waals surface area contributed by atoms with Gasteiger partial charge in [0, 0.05) is 31.1 Å². The van der Waals surface area contributed by atoms with Crippen LogP contribution in [-0.2, 0) is 22.6 Å². The van der Waals surface area contributed by atoms with Gasteiger partial charge in [0.05, 0.1) is 24.9 Å². The number of amides is 1. The molecule has 0 aliphatic carbocycles. The molecule has 0 radical (unpaired) electrons. The van der Waals surface area contributed by atoms with Crippen molar-refractivity contribution in [2.24, 2.45) is 0 Å². The number of carbonyl (C=O) groups is 1. The first-order chi connectivity index (χ1) is 23.0. The number of benzene rings is 4. The van der Waals surface area contributed by atoms with Crippen molar-refractivity contribution < 1.29 is 46.4 Å². The Labute approximate surface area is 274 Å². The predicted molar refractivity (Wildman–Crippen MR) is 166 cm³/mol. The second kappa shape index (κ2) is 15.3. The third kappa shape index (κ3) is 7.74. The number of aliphatic hydroxyl groups excluding tert-OH is 2. The van der Waals surface area contributed by atoms with Crippen molar-refractivity contribution in [1.29, 1.82) is 0 Å². The second-order valence-corrected chi connectivity index (χ2v) is 11.8. The maximum absolute atomic E-state index is 14.1. The molecule has 5 unspecified atom stereocenters. The largest absolute Gasteiger partial charge is 0.392 e. The van der Waals surface area contributed by atoms with E-state index in [4.69, 9.17) is 9.47 Å². The Morgan fingerprint density at radius 1 is 0.833 bits per heavy atom. The van der Waals surface area contributed by atoms with Crippen LogP contribution >= 0.6 is 0 Å². The number of likely N-dealkylation sites (N-methyl/N-ethyl adjacent to an activating group) is 1. The second-order valence-electron chi connectivity index (χ2n) is 11.8. The van der Waals surface area contributed by atoms with Crippen LogP contribution < -0.4 is 5.32 Å². The number of hydrogen-bond acceptors (Lipinski definition) is 6. The van der Waals surface area contributed by atoms with Crippen LogP contribution in [0.15, 0.2) is 78.9 Å². The van der Waals surface area contributed by atoms with E-state index in [1.165, 1.54) is 0 Å². The van der Waals surface area contributed by atoms with Crippen molar-refractivity contribution in [3.05, 3.63) is 141 Å². The van der Waals surface area contributed by atoms with Gasteiger partial charge in [-0.25, -0.2) is 22.0 Å². The number of aliphatic hydroxyl groups is 2. The Hall–Kier alpha value is -4.20. The lowest BCUT2D eigenvalue weighted by Gasteiger charge is -2.39. The molecule has 48 heavy (non-hydrogen) atoms. The molecule has 5 atom stereocenters. The molecule has 7 nitrogen and oxygen atoms in total. The van der Waals surface area contributed by atoms with Crippen molar-refractivity contribution >= 4 is 5.91 Å². The molecule has 1 fully saturated rings. The monoisotopic (exact) mass is 670 g/mol. The summed E-state index contributed by atoms with van der Waals surface area (Å²) in [5, 5.41) is 22.7. The zero-order valence-corrected chi connectivity index (χ0v) is 26.2. The Morgan fingerprint density at radius 2 is 1.40 bits per heavy atom. The maximum atomic E-state index is 14.1. The Bertz CT molecular complexity index is 1680. The molecule has 0 aromatic heterocycles. The first kappa shape index (κ1) is 35.1. The minimum absolute atomic E-state index is 0.0963. The fraction of sp³-hybridized carbons (Fsp3) is 0.306. The molecule has 3 N–H and O–H groups in total. The lowest BCUT2D eigenvalue weighted by Crippen LogP contribution is -2.43. The fourth-order valence-corrected chi connectivity index (χ4v) is 5.56. The highest BCUT2D eigenvalue weighted by Gasteiger charge is 2.34. The molecule has 1 heterocycles. The molecule has 254 valence electrons. The smallest absolute Gasteiger partial charge is 0.257 e. The third-order valence-corrected chi connectivity index (χ3v) is 8.54. The summed E-state index contributed by atoms with van der Waals surface area (Å²) < 4.78 is 81.4. The van der Waals surface area contributed by atoms with Gasteiger partial charge in [-0.05, 0) is 36.2 Å². The standard InChI is InChI=1S/C36H35F5N2O5/c1-20(34(45)24-6-4-3-5-7-24)43(2)18-26-16-27(23-12-10-22(19-44)11-13-23)48-36(47-26)25-14-8-21(9-15-25)17-42-35(46)28-29(37)31(39)33(41)32(40)30(28)38/h3-15,20,26-27,34,36,44-45H,16-19H2,1-2H3,(H,42,46). The van der Waals surface area contributed by atoms with Crippen molar-refractivity contribution in [2.75, 3.05) is 13.6 Å². The highest BCUT2D eigenvalue weighted by atomic mass is 19.2. The zero-order valence-electron chi connectivity index (χ0n) is 26.2. The summed E-state index contributed by atoms with van der Waals surface area (Å²) in [6.45, 7) is 2.04. The zero-order chi connectivity index (χ0) is 34.5. The minimum Gasteiger partial charge on any atom is -0.392 e. The van der Waals surface area contributed by atoms with E-state index in [1.54, 1.807) is 24.3 Å². The molecule has 4 aromatic rings. The van der Waals surface area contributed by atoms with E-state index in [0.29, 0.717) is 24.1 Å². The van der Waals surface area contributed by atoms with E-state index < -0.39 is 53.0 Å². The molecule has 1 amide bonds. The van der Waals surface area contributed by atoms with E-state index in [-0.39, 0.29) is 31.4 Å². The van der Waals surface area contributed by atoms with E-state index in [0.717, 1.165) is 16.7 Å².